The van der Waals surface area contributed by atoms with Gasteiger partial charge in [0.25, 0.3) is 5.91 Å². The molecule has 2 aromatic heterocycles. The lowest BCUT2D eigenvalue weighted by atomic mass is 10.3. The Kier molecular flexibility index (Phi) is 6.47. The van der Waals surface area contributed by atoms with Gasteiger partial charge in [0.2, 0.25) is 0 Å². The van der Waals surface area contributed by atoms with Gasteiger partial charge in [-0.25, -0.2) is 4.98 Å². The van der Waals surface area contributed by atoms with Crippen LogP contribution in [0.5, 0.6) is 0 Å². The molecule has 1 amide bonds. The molecule has 2 aromatic rings. The standard InChI is InChI=1S/C13H16N4OS3/c1-3-4-7-19-12-16-17-13(21-12)20-10-6-5-9(8-15-10)11(18)14-2/h5-6,8H,3-4,7H2,1-2H3,(H,14,18). The fraction of sp³-hybridized carbons (Fsp3) is 0.385. The van der Waals surface area contributed by atoms with Crippen LogP contribution in [0.25, 0.3) is 0 Å². The van der Waals surface area contributed by atoms with E-state index in [4.69, 9.17) is 0 Å². The van der Waals surface area contributed by atoms with E-state index in [0.29, 0.717) is 5.56 Å². The number of rotatable bonds is 7. The van der Waals surface area contributed by atoms with Crippen molar-refractivity contribution in [3.63, 3.8) is 0 Å². The molecule has 0 aliphatic heterocycles. The van der Waals surface area contributed by atoms with Crippen LogP contribution in [0.2, 0.25) is 0 Å². The van der Waals surface area contributed by atoms with Crippen molar-refractivity contribution >= 4 is 40.8 Å². The number of thioether (sulfide) groups is 1. The monoisotopic (exact) mass is 340 g/mol. The van der Waals surface area contributed by atoms with E-state index in [-0.39, 0.29) is 5.91 Å². The lowest BCUT2D eigenvalue weighted by Gasteiger charge is -2.00. The van der Waals surface area contributed by atoms with Crippen LogP contribution in [-0.2, 0) is 0 Å². The van der Waals surface area contributed by atoms with E-state index >= 15 is 0 Å². The fourth-order valence-electron chi connectivity index (χ4n) is 1.41. The Morgan fingerprint density at radius 2 is 2.14 bits per heavy atom. The normalized spacial score (nSPS) is 10.6. The van der Waals surface area contributed by atoms with Crippen LogP contribution < -0.4 is 5.32 Å². The lowest BCUT2D eigenvalue weighted by molar-refractivity contribution is 0.0962. The minimum absolute atomic E-state index is 0.135. The predicted molar refractivity (Wildman–Crippen MR) is 87.3 cm³/mol. The third kappa shape index (κ3) is 4.98. The average molecular weight is 340 g/mol. The molecule has 0 unspecified atom stereocenters. The summed E-state index contributed by atoms with van der Waals surface area (Å²) in [4.78, 5) is 15.7. The second-order valence-corrected chi connectivity index (χ2v) is 7.69. The van der Waals surface area contributed by atoms with E-state index < -0.39 is 0 Å². The fourth-order valence-corrected chi connectivity index (χ4v) is 4.47. The molecule has 2 rings (SSSR count). The Labute approximate surface area is 136 Å². The number of carbonyl (C=O) groups is 1. The summed E-state index contributed by atoms with van der Waals surface area (Å²) in [6, 6.07) is 3.58. The maximum Gasteiger partial charge on any atom is 0.252 e. The second kappa shape index (κ2) is 8.35. The van der Waals surface area contributed by atoms with E-state index in [9.17, 15) is 4.79 Å². The van der Waals surface area contributed by atoms with Gasteiger partial charge in [-0.05, 0) is 30.3 Å². The van der Waals surface area contributed by atoms with Crippen LogP contribution in [0.4, 0.5) is 0 Å². The molecule has 0 spiro atoms. The lowest BCUT2D eigenvalue weighted by Crippen LogP contribution is -2.17. The van der Waals surface area contributed by atoms with E-state index in [1.165, 1.54) is 24.6 Å². The molecule has 0 aliphatic carbocycles. The molecule has 0 aromatic carbocycles. The van der Waals surface area contributed by atoms with Crippen molar-refractivity contribution in [1.82, 2.24) is 20.5 Å². The zero-order valence-corrected chi connectivity index (χ0v) is 14.3. The van der Waals surface area contributed by atoms with Gasteiger partial charge in [0.15, 0.2) is 8.68 Å². The summed E-state index contributed by atoms with van der Waals surface area (Å²) in [6.45, 7) is 2.18. The van der Waals surface area contributed by atoms with E-state index in [0.717, 1.165) is 19.5 Å². The zero-order valence-electron chi connectivity index (χ0n) is 11.8. The average Bonchev–Trinajstić information content (AvgIpc) is 2.95. The third-order valence-electron chi connectivity index (χ3n) is 2.53. The maximum atomic E-state index is 11.4. The summed E-state index contributed by atoms with van der Waals surface area (Å²) in [7, 11) is 1.60. The molecule has 2 heterocycles. The Bertz CT molecular complexity index is 585. The Morgan fingerprint density at radius 3 is 2.81 bits per heavy atom. The predicted octanol–water partition coefficient (Wildman–Crippen LogP) is 3.34. The minimum atomic E-state index is -0.135. The molecule has 0 fully saturated rings. The molecule has 21 heavy (non-hydrogen) atoms. The van der Waals surface area contributed by atoms with Gasteiger partial charge in [0, 0.05) is 19.0 Å². The maximum absolute atomic E-state index is 11.4. The first kappa shape index (κ1) is 16.3. The van der Waals surface area contributed by atoms with E-state index in [2.05, 4.69) is 27.4 Å². The van der Waals surface area contributed by atoms with Crippen LogP contribution in [0.15, 0.2) is 32.0 Å². The minimum Gasteiger partial charge on any atom is -0.355 e. The van der Waals surface area contributed by atoms with E-state index in [1.54, 1.807) is 42.4 Å². The van der Waals surface area contributed by atoms with Gasteiger partial charge in [-0.2, -0.15) is 0 Å². The summed E-state index contributed by atoms with van der Waals surface area (Å²) in [5.74, 6) is 0.944. The first-order valence-electron chi connectivity index (χ1n) is 6.55. The number of nitrogens with one attached hydrogen (secondary N) is 1. The molecule has 5 nitrogen and oxygen atoms in total. The molecule has 0 saturated heterocycles. The highest BCUT2D eigenvalue weighted by atomic mass is 32.2. The summed E-state index contributed by atoms with van der Waals surface area (Å²) in [5, 5.41) is 11.7. The van der Waals surface area contributed by atoms with Gasteiger partial charge in [0.05, 0.1) is 5.56 Å². The largest absolute Gasteiger partial charge is 0.355 e. The quantitative estimate of drug-likeness (QED) is 0.616. The summed E-state index contributed by atoms with van der Waals surface area (Å²) in [6.07, 6.45) is 3.95. The van der Waals surface area contributed by atoms with Crippen molar-refractivity contribution in [2.45, 2.75) is 33.5 Å². The highest BCUT2D eigenvalue weighted by molar-refractivity contribution is 8.03. The summed E-state index contributed by atoms with van der Waals surface area (Å²) >= 11 is 4.79. The number of pyridine rings is 1. The van der Waals surface area contributed by atoms with Gasteiger partial charge in [-0.1, -0.05) is 36.4 Å². The van der Waals surface area contributed by atoms with Crippen molar-refractivity contribution in [3.8, 4) is 0 Å². The van der Waals surface area contributed by atoms with Crippen molar-refractivity contribution in [3.05, 3.63) is 23.9 Å². The van der Waals surface area contributed by atoms with Crippen molar-refractivity contribution in [1.29, 1.82) is 0 Å². The van der Waals surface area contributed by atoms with Gasteiger partial charge >= 0.3 is 0 Å². The molecule has 112 valence electrons. The highest BCUT2D eigenvalue weighted by Crippen LogP contribution is 2.32. The SMILES string of the molecule is CCCCSc1nnc(Sc2ccc(C(=O)NC)cn2)s1. The Morgan fingerprint density at radius 1 is 1.33 bits per heavy atom. The van der Waals surface area contributed by atoms with Crippen LogP contribution in [0.1, 0.15) is 30.1 Å². The van der Waals surface area contributed by atoms with Crippen molar-refractivity contribution in [2.75, 3.05) is 12.8 Å². The molecule has 1 N–H and O–H groups in total. The molecule has 0 aliphatic rings. The molecule has 0 bridgehead atoms. The van der Waals surface area contributed by atoms with Crippen molar-refractivity contribution < 1.29 is 4.79 Å². The van der Waals surface area contributed by atoms with Gasteiger partial charge in [-0.3, -0.25) is 4.79 Å². The number of nitrogens with zero attached hydrogens (tertiary/aromatic N) is 3. The number of hydrogen-bond acceptors (Lipinski definition) is 7. The number of unbranched alkanes of at least 4 members (excludes halogenated alkanes) is 1. The summed E-state index contributed by atoms with van der Waals surface area (Å²) < 4.78 is 1.86. The van der Waals surface area contributed by atoms with Crippen LogP contribution >= 0.6 is 34.9 Å². The number of amides is 1. The Hall–Kier alpha value is -1.12. The molecule has 0 radical (unpaired) electrons. The van der Waals surface area contributed by atoms with Gasteiger partial charge < -0.3 is 5.32 Å². The topological polar surface area (TPSA) is 67.8 Å². The first-order valence-corrected chi connectivity index (χ1v) is 9.17. The number of aromatic nitrogens is 3. The number of carbonyl (C=O) groups excluding carboxylic acids is 1. The number of hydrogen-bond donors (Lipinski definition) is 1. The van der Waals surface area contributed by atoms with Crippen LogP contribution in [-0.4, -0.2) is 33.9 Å². The van der Waals surface area contributed by atoms with Gasteiger partial charge in [-0.15, -0.1) is 10.2 Å². The van der Waals surface area contributed by atoms with E-state index in [1.807, 2.05) is 6.07 Å². The molecule has 8 heteroatoms. The molecular weight excluding hydrogens is 324 g/mol. The van der Waals surface area contributed by atoms with Crippen LogP contribution in [0, 0.1) is 0 Å². The highest BCUT2D eigenvalue weighted by Gasteiger charge is 2.08. The third-order valence-corrected chi connectivity index (χ3v) is 5.67. The zero-order chi connectivity index (χ0) is 15.1. The van der Waals surface area contributed by atoms with Crippen molar-refractivity contribution in [2.24, 2.45) is 0 Å². The first-order chi connectivity index (χ1) is 10.2. The summed E-state index contributed by atoms with van der Waals surface area (Å²) in [5.41, 5.74) is 0.551. The van der Waals surface area contributed by atoms with Crippen LogP contribution in [0.3, 0.4) is 0 Å². The molecular formula is C13H16N4OS3. The smallest absolute Gasteiger partial charge is 0.252 e. The van der Waals surface area contributed by atoms with Gasteiger partial charge in [0.1, 0.15) is 5.03 Å². The Balaban J connectivity index is 1.93. The molecule has 0 saturated carbocycles. The molecule has 0 atom stereocenters. The second-order valence-electron chi connectivity index (χ2n) is 4.10.